The quantitative estimate of drug-likeness (QED) is 0.872. The fourth-order valence-electron chi connectivity index (χ4n) is 2.56. The van der Waals surface area contributed by atoms with Crippen molar-refractivity contribution in [2.75, 3.05) is 14.2 Å². The molecule has 0 saturated carbocycles. The number of aliphatic imine (C=N–C) groups is 1. The number of benzene rings is 2. The number of nitrogens with zero attached hydrogens (tertiary/aromatic N) is 1. The first-order chi connectivity index (χ1) is 12.0. The summed E-state index contributed by atoms with van der Waals surface area (Å²) in [5.41, 5.74) is 4.38. The predicted octanol–water partition coefficient (Wildman–Crippen LogP) is 3.24. The Labute approximate surface area is 147 Å². The van der Waals surface area contributed by atoms with Crippen molar-refractivity contribution in [1.29, 1.82) is 0 Å². The standard InChI is InChI=1S/C20H20N2O3/c1-12-5-6-15(7-13(12)2)19-21-18(20(23)22-19)10-14-8-16(24-3)11-17(9-14)25-4/h5-11H,1-4H3,(H,21,22,23)/b18-10+. The molecule has 1 N–H and O–H groups in total. The number of carbonyl (C=O) groups is 1. The van der Waals surface area contributed by atoms with Crippen LogP contribution in [0.5, 0.6) is 11.5 Å². The third-order valence-corrected chi connectivity index (χ3v) is 4.15. The van der Waals surface area contributed by atoms with Crippen molar-refractivity contribution in [2.45, 2.75) is 13.8 Å². The monoisotopic (exact) mass is 336 g/mol. The second-order valence-electron chi connectivity index (χ2n) is 5.89. The van der Waals surface area contributed by atoms with E-state index in [1.54, 1.807) is 26.4 Å². The van der Waals surface area contributed by atoms with E-state index in [9.17, 15) is 4.79 Å². The summed E-state index contributed by atoms with van der Waals surface area (Å²) in [5.74, 6) is 1.65. The zero-order chi connectivity index (χ0) is 18.0. The molecule has 0 spiro atoms. The van der Waals surface area contributed by atoms with E-state index >= 15 is 0 Å². The van der Waals surface area contributed by atoms with Gasteiger partial charge in [0, 0.05) is 11.6 Å². The molecule has 0 radical (unpaired) electrons. The van der Waals surface area contributed by atoms with E-state index in [1.807, 2.05) is 37.3 Å². The van der Waals surface area contributed by atoms with Gasteiger partial charge in [0.25, 0.3) is 5.91 Å². The minimum absolute atomic E-state index is 0.227. The summed E-state index contributed by atoms with van der Waals surface area (Å²) >= 11 is 0. The van der Waals surface area contributed by atoms with Crippen LogP contribution in [0.3, 0.4) is 0 Å². The van der Waals surface area contributed by atoms with Crippen molar-refractivity contribution in [2.24, 2.45) is 4.99 Å². The molecule has 0 bridgehead atoms. The van der Waals surface area contributed by atoms with Crippen LogP contribution in [0.4, 0.5) is 0 Å². The van der Waals surface area contributed by atoms with Gasteiger partial charge >= 0.3 is 0 Å². The Hall–Kier alpha value is -3.08. The summed E-state index contributed by atoms with van der Waals surface area (Å²) in [7, 11) is 3.17. The number of carbonyl (C=O) groups excluding carboxylic acids is 1. The van der Waals surface area contributed by atoms with Gasteiger partial charge in [-0.25, -0.2) is 4.99 Å². The number of methoxy groups -OCH3 is 2. The van der Waals surface area contributed by atoms with Gasteiger partial charge in [0.05, 0.1) is 14.2 Å². The Kier molecular flexibility index (Phi) is 4.57. The topological polar surface area (TPSA) is 59.9 Å². The van der Waals surface area contributed by atoms with Crippen LogP contribution in [-0.2, 0) is 4.79 Å². The molecule has 2 aromatic rings. The van der Waals surface area contributed by atoms with Gasteiger partial charge in [-0.05, 0) is 54.8 Å². The Morgan fingerprint density at radius 2 is 1.64 bits per heavy atom. The highest BCUT2D eigenvalue weighted by molar-refractivity contribution is 6.19. The van der Waals surface area contributed by atoms with Crippen LogP contribution in [-0.4, -0.2) is 26.0 Å². The summed E-state index contributed by atoms with van der Waals surface area (Å²) in [5, 5.41) is 2.82. The maximum absolute atomic E-state index is 12.3. The maximum Gasteiger partial charge on any atom is 0.275 e. The van der Waals surface area contributed by atoms with E-state index in [4.69, 9.17) is 9.47 Å². The Balaban J connectivity index is 1.97. The lowest BCUT2D eigenvalue weighted by Crippen LogP contribution is -2.24. The second kappa shape index (κ2) is 6.81. The Bertz CT molecular complexity index is 876. The van der Waals surface area contributed by atoms with Gasteiger partial charge in [0.1, 0.15) is 23.0 Å². The third-order valence-electron chi connectivity index (χ3n) is 4.15. The number of nitrogens with one attached hydrogen (secondary N) is 1. The van der Waals surface area contributed by atoms with Crippen LogP contribution in [0, 0.1) is 13.8 Å². The lowest BCUT2D eigenvalue weighted by atomic mass is 10.1. The summed E-state index contributed by atoms with van der Waals surface area (Å²) in [6, 6.07) is 11.4. The van der Waals surface area contributed by atoms with Gasteiger partial charge in [0.2, 0.25) is 0 Å². The summed E-state index contributed by atoms with van der Waals surface area (Å²) in [6.45, 7) is 4.09. The Morgan fingerprint density at radius 1 is 0.960 bits per heavy atom. The van der Waals surface area contributed by atoms with Crippen molar-refractivity contribution < 1.29 is 14.3 Å². The number of ether oxygens (including phenoxy) is 2. The van der Waals surface area contributed by atoms with Crippen LogP contribution < -0.4 is 14.8 Å². The maximum atomic E-state index is 12.3. The smallest absolute Gasteiger partial charge is 0.275 e. The van der Waals surface area contributed by atoms with Gasteiger partial charge in [0.15, 0.2) is 0 Å². The molecule has 0 saturated heterocycles. The molecule has 0 fully saturated rings. The van der Waals surface area contributed by atoms with Gasteiger partial charge in [-0.1, -0.05) is 12.1 Å². The first-order valence-corrected chi connectivity index (χ1v) is 7.92. The molecule has 1 aliphatic heterocycles. The van der Waals surface area contributed by atoms with Crippen LogP contribution in [0.2, 0.25) is 0 Å². The van der Waals surface area contributed by atoms with E-state index in [0.717, 1.165) is 16.7 Å². The van der Waals surface area contributed by atoms with E-state index in [1.165, 1.54) is 5.56 Å². The lowest BCUT2D eigenvalue weighted by molar-refractivity contribution is -0.115. The van der Waals surface area contributed by atoms with Crippen LogP contribution in [0.1, 0.15) is 22.3 Å². The molecule has 0 aliphatic carbocycles. The molecule has 25 heavy (non-hydrogen) atoms. The van der Waals surface area contributed by atoms with Crippen molar-refractivity contribution in [1.82, 2.24) is 5.32 Å². The van der Waals surface area contributed by atoms with E-state index in [0.29, 0.717) is 23.0 Å². The molecule has 1 amide bonds. The molecule has 0 atom stereocenters. The van der Waals surface area contributed by atoms with Gasteiger partial charge < -0.3 is 14.8 Å². The fraction of sp³-hybridized carbons (Fsp3) is 0.200. The van der Waals surface area contributed by atoms with Crippen molar-refractivity contribution >= 4 is 17.8 Å². The van der Waals surface area contributed by atoms with Crippen LogP contribution in [0.15, 0.2) is 47.1 Å². The van der Waals surface area contributed by atoms with Crippen molar-refractivity contribution in [3.05, 3.63) is 64.3 Å². The SMILES string of the molecule is COc1cc(/C=C2/N=C(c3ccc(C)c(C)c3)NC2=O)cc(OC)c1. The second-order valence-corrected chi connectivity index (χ2v) is 5.89. The highest BCUT2D eigenvalue weighted by atomic mass is 16.5. The molecule has 0 unspecified atom stereocenters. The molecule has 1 aliphatic rings. The number of hydrogen-bond donors (Lipinski definition) is 1. The van der Waals surface area contributed by atoms with Gasteiger partial charge in [-0.3, -0.25) is 4.79 Å². The minimum atomic E-state index is -0.227. The zero-order valence-electron chi connectivity index (χ0n) is 14.7. The number of amidine groups is 1. The lowest BCUT2D eigenvalue weighted by Gasteiger charge is -2.05. The van der Waals surface area contributed by atoms with Crippen LogP contribution >= 0.6 is 0 Å². The molecular formula is C20H20N2O3. The number of rotatable bonds is 4. The largest absolute Gasteiger partial charge is 0.497 e. The third kappa shape index (κ3) is 3.55. The first-order valence-electron chi connectivity index (χ1n) is 7.92. The number of amides is 1. The molecular weight excluding hydrogens is 316 g/mol. The summed E-state index contributed by atoms with van der Waals surface area (Å²) in [4.78, 5) is 16.7. The Morgan fingerprint density at radius 3 is 2.24 bits per heavy atom. The molecule has 128 valence electrons. The minimum Gasteiger partial charge on any atom is -0.497 e. The molecule has 5 nitrogen and oxygen atoms in total. The fourth-order valence-corrected chi connectivity index (χ4v) is 2.56. The number of hydrogen-bond acceptors (Lipinski definition) is 4. The molecule has 1 heterocycles. The van der Waals surface area contributed by atoms with E-state index in [-0.39, 0.29) is 5.91 Å². The highest BCUT2D eigenvalue weighted by Crippen LogP contribution is 2.25. The average molecular weight is 336 g/mol. The number of aryl methyl sites for hydroxylation is 2. The van der Waals surface area contributed by atoms with Gasteiger partial charge in [-0.2, -0.15) is 0 Å². The first kappa shape index (κ1) is 16.8. The summed E-state index contributed by atoms with van der Waals surface area (Å²) in [6.07, 6.45) is 1.72. The van der Waals surface area contributed by atoms with E-state index in [2.05, 4.69) is 17.2 Å². The van der Waals surface area contributed by atoms with Crippen molar-refractivity contribution in [3.63, 3.8) is 0 Å². The molecule has 2 aromatic carbocycles. The van der Waals surface area contributed by atoms with Crippen molar-refractivity contribution in [3.8, 4) is 11.5 Å². The normalized spacial score (nSPS) is 15.1. The summed E-state index contributed by atoms with van der Waals surface area (Å²) < 4.78 is 10.5. The van der Waals surface area contributed by atoms with Crippen LogP contribution in [0.25, 0.3) is 6.08 Å². The highest BCUT2D eigenvalue weighted by Gasteiger charge is 2.21. The predicted molar refractivity (Wildman–Crippen MR) is 98.1 cm³/mol. The van der Waals surface area contributed by atoms with E-state index < -0.39 is 0 Å². The molecule has 0 aromatic heterocycles. The molecule has 5 heteroatoms. The van der Waals surface area contributed by atoms with Gasteiger partial charge in [-0.15, -0.1) is 0 Å². The average Bonchev–Trinajstić information content (AvgIpc) is 2.97. The zero-order valence-corrected chi connectivity index (χ0v) is 14.7. The molecule has 3 rings (SSSR count).